The molecule has 8 heteroatoms. The SMILES string of the molecule is Cc1c(Sc2cccc(C(=O)O)c2)c2ccc(Cl)c(F)c2n1CC(=O)N1CCC(CCc2ccccc2)C1. The van der Waals surface area contributed by atoms with Crippen molar-refractivity contribution in [2.75, 3.05) is 13.1 Å². The molecule has 5 nitrogen and oxygen atoms in total. The molecule has 0 radical (unpaired) electrons. The highest BCUT2D eigenvalue weighted by Crippen LogP contribution is 2.41. The first-order valence-corrected chi connectivity index (χ1v) is 13.8. The van der Waals surface area contributed by atoms with Crippen LogP contribution in [0.15, 0.2) is 76.5 Å². The molecular weight excluding hydrogens is 523 g/mol. The highest BCUT2D eigenvalue weighted by atomic mass is 35.5. The molecule has 2 heterocycles. The first kappa shape index (κ1) is 26.3. The topological polar surface area (TPSA) is 62.5 Å². The molecule has 38 heavy (non-hydrogen) atoms. The molecule has 0 saturated carbocycles. The number of carbonyl (C=O) groups is 2. The van der Waals surface area contributed by atoms with Gasteiger partial charge in [-0.25, -0.2) is 9.18 Å². The van der Waals surface area contributed by atoms with Crippen molar-refractivity contribution in [3.63, 3.8) is 0 Å². The first-order chi connectivity index (χ1) is 18.3. The number of halogens is 2. The zero-order chi connectivity index (χ0) is 26.8. The van der Waals surface area contributed by atoms with Crippen LogP contribution in [0.5, 0.6) is 0 Å². The van der Waals surface area contributed by atoms with Gasteiger partial charge in [-0.2, -0.15) is 0 Å². The van der Waals surface area contributed by atoms with Gasteiger partial charge in [0, 0.05) is 34.0 Å². The molecule has 1 unspecified atom stereocenters. The standard InChI is InChI=1S/C30H28ClFN2O3S/c1-19-29(38-23-9-5-8-22(16-23)30(36)37)24-12-13-25(31)27(32)28(24)34(19)18-26(35)33-15-14-21(17-33)11-10-20-6-3-2-4-7-20/h2-9,12-13,16,21H,10-11,14-15,17-18H2,1H3,(H,36,37). The number of hydrogen-bond donors (Lipinski definition) is 1. The average Bonchev–Trinajstić information content (AvgIpc) is 3.50. The summed E-state index contributed by atoms with van der Waals surface area (Å²) in [6.07, 6.45) is 2.98. The smallest absolute Gasteiger partial charge is 0.335 e. The largest absolute Gasteiger partial charge is 0.478 e. The van der Waals surface area contributed by atoms with Crippen molar-refractivity contribution < 1.29 is 19.1 Å². The van der Waals surface area contributed by atoms with E-state index >= 15 is 4.39 Å². The Hall–Kier alpha value is -3.29. The minimum Gasteiger partial charge on any atom is -0.478 e. The first-order valence-electron chi connectivity index (χ1n) is 12.6. The second-order valence-corrected chi connectivity index (χ2v) is 11.2. The fourth-order valence-corrected chi connectivity index (χ4v) is 6.41. The van der Waals surface area contributed by atoms with Crippen LogP contribution in [0.2, 0.25) is 5.02 Å². The predicted molar refractivity (Wildman–Crippen MR) is 149 cm³/mol. The summed E-state index contributed by atoms with van der Waals surface area (Å²) in [6.45, 7) is 3.28. The van der Waals surface area contributed by atoms with Gasteiger partial charge in [0.1, 0.15) is 6.54 Å². The number of nitrogens with zero attached hydrogens (tertiary/aromatic N) is 2. The van der Waals surface area contributed by atoms with Crippen molar-refractivity contribution in [1.29, 1.82) is 0 Å². The van der Waals surface area contributed by atoms with Gasteiger partial charge in [-0.15, -0.1) is 0 Å². The van der Waals surface area contributed by atoms with Gasteiger partial charge in [0.2, 0.25) is 5.91 Å². The van der Waals surface area contributed by atoms with Crippen molar-refractivity contribution in [3.05, 3.63) is 94.4 Å². The molecule has 0 aliphatic carbocycles. The number of hydrogen-bond acceptors (Lipinski definition) is 3. The number of amides is 1. The molecule has 1 atom stereocenters. The minimum atomic E-state index is -1.01. The van der Waals surface area contributed by atoms with Crippen LogP contribution in [-0.2, 0) is 17.8 Å². The number of aryl methyl sites for hydroxylation is 1. The summed E-state index contributed by atoms with van der Waals surface area (Å²) >= 11 is 7.51. The van der Waals surface area contributed by atoms with Crippen LogP contribution in [0, 0.1) is 18.7 Å². The van der Waals surface area contributed by atoms with Crippen LogP contribution in [0.4, 0.5) is 4.39 Å². The van der Waals surface area contributed by atoms with E-state index in [9.17, 15) is 14.7 Å². The molecule has 1 aliphatic rings. The van der Waals surface area contributed by atoms with Gasteiger partial charge in [0.25, 0.3) is 0 Å². The van der Waals surface area contributed by atoms with Crippen molar-refractivity contribution in [2.45, 2.75) is 42.5 Å². The Labute approximate surface area is 230 Å². The van der Waals surface area contributed by atoms with E-state index in [4.69, 9.17) is 11.6 Å². The highest BCUT2D eigenvalue weighted by molar-refractivity contribution is 7.99. The summed E-state index contributed by atoms with van der Waals surface area (Å²) in [5.74, 6) is -1.17. The number of fused-ring (bicyclic) bond motifs is 1. The molecule has 1 aliphatic heterocycles. The summed E-state index contributed by atoms with van der Waals surface area (Å²) in [6, 6.07) is 20.3. The highest BCUT2D eigenvalue weighted by Gasteiger charge is 2.28. The molecule has 1 fully saturated rings. The maximum Gasteiger partial charge on any atom is 0.335 e. The Bertz CT molecular complexity index is 1500. The van der Waals surface area contributed by atoms with Crippen LogP contribution in [0.3, 0.4) is 0 Å². The quantitative estimate of drug-likeness (QED) is 0.255. The zero-order valence-corrected chi connectivity index (χ0v) is 22.6. The molecule has 1 amide bonds. The lowest BCUT2D eigenvalue weighted by Crippen LogP contribution is -2.32. The Morgan fingerprint density at radius 2 is 1.89 bits per heavy atom. The maximum atomic E-state index is 15.3. The van der Waals surface area contributed by atoms with Crippen molar-refractivity contribution in [1.82, 2.24) is 9.47 Å². The Balaban J connectivity index is 1.37. The number of carboxylic acid groups (broad SMARTS) is 1. The van der Waals surface area contributed by atoms with Gasteiger partial charge in [0.05, 0.1) is 16.1 Å². The number of aromatic carboxylic acids is 1. The van der Waals surface area contributed by atoms with Gasteiger partial charge in [0.15, 0.2) is 5.82 Å². The van der Waals surface area contributed by atoms with E-state index in [1.165, 1.54) is 29.5 Å². The Kier molecular flexibility index (Phi) is 7.77. The van der Waals surface area contributed by atoms with Crippen molar-refractivity contribution >= 4 is 46.1 Å². The second-order valence-electron chi connectivity index (χ2n) is 9.71. The third-order valence-electron chi connectivity index (χ3n) is 7.23. The van der Waals surface area contributed by atoms with E-state index in [0.717, 1.165) is 34.7 Å². The van der Waals surface area contributed by atoms with Crippen molar-refractivity contribution in [3.8, 4) is 0 Å². The summed E-state index contributed by atoms with van der Waals surface area (Å²) in [4.78, 5) is 28.2. The summed E-state index contributed by atoms with van der Waals surface area (Å²) in [5.41, 5.74) is 2.51. The third kappa shape index (κ3) is 5.45. The van der Waals surface area contributed by atoms with Gasteiger partial charge in [-0.1, -0.05) is 59.8 Å². The van der Waals surface area contributed by atoms with E-state index in [1.807, 2.05) is 36.1 Å². The minimum absolute atomic E-state index is 0.00438. The second kappa shape index (κ2) is 11.2. The summed E-state index contributed by atoms with van der Waals surface area (Å²) < 4.78 is 17.1. The molecule has 0 spiro atoms. The number of carbonyl (C=O) groups excluding carboxylic acids is 1. The van der Waals surface area contributed by atoms with E-state index in [2.05, 4.69) is 12.1 Å². The Morgan fingerprint density at radius 3 is 2.66 bits per heavy atom. The lowest BCUT2D eigenvalue weighted by atomic mass is 9.99. The normalized spacial score (nSPS) is 15.3. The number of rotatable bonds is 8. The van der Waals surface area contributed by atoms with E-state index in [1.54, 1.807) is 22.8 Å². The maximum absolute atomic E-state index is 15.3. The fraction of sp³-hybridized carbons (Fsp3) is 0.267. The summed E-state index contributed by atoms with van der Waals surface area (Å²) in [7, 11) is 0. The van der Waals surface area contributed by atoms with Crippen LogP contribution in [0.25, 0.3) is 10.9 Å². The van der Waals surface area contributed by atoms with Crippen LogP contribution >= 0.6 is 23.4 Å². The molecule has 1 N–H and O–H groups in total. The Morgan fingerprint density at radius 1 is 1.11 bits per heavy atom. The summed E-state index contributed by atoms with van der Waals surface area (Å²) in [5, 5.41) is 10.0. The number of aromatic nitrogens is 1. The number of carboxylic acids is 1. The van der Waals surface area contributed by atoms with E-state index in [-0.39, 0.29) is 23.0 Å². The molecule has 0 bridgehead atoms. The molecule has 5 rings (SSSR count). The lowest BCUT2D eigenvalue weighted by molar-refractivity contribution is -0.130. The number of likely N-dealkylation sites (tertiary alicyclic amines) is 1. The lowest BCUT2D eigenvalue weighted by Gasteiger charge is -2.18. The number of benzene rings is 3. The van der Waals surface area contributed by atoms with E-state index in [0.29, 0.717) is 29.9 Å². The molecule has 1 saturated heterocycles. The molecule has 3 aromatic carbocycles. The van der Waals surface area contributed by atoms with Crippen LogP contribution in [0.1, 0.15) is 34.5 Å². The molecular formula is C30H28ClFN2O3S. The van der Waals surface area contributed by atoms with Gasteiger partial charge < -0.3 is 14.6 Å². The van der Waals surface area contributed by atoms with Gasteiger partial charge in [-0.3, -0.25) is 4.79 Å². The predicted octanol–water partition coefficient (Wildman–Crippen LogP) is 7.07. The van der Waals surface area contributed by atoms with Crippen molar-refractivity contribution in [2.24, 2.45) is 5.92 Å². The molecule has 1 aromatic heterocycles. The molecule has 196 valence electrons. The van der Waals surface area contributed by atoms with Gasteiger partial charge in [-0.05, 0) is 68.0 Å². The van der Waals surface area contributed by atoms with Gasteiger partial charge >= 0.3 is 5.97 Å². The third-order valence-corrected chi connectivity index (χ3v) is 8.73. The molecule has 4 aromatic rings. The van der Waals surface area contributed by atoms with E-state index < -0.39 is 11.8 Å². The fourth-order valence-electron chi connectivity index (χ4n) is 5.15. The van der Waals surface area contributed by atoms with Crippen LogP contribution in [-0.4, -0.2) is 39.5 Å². The average molecular weight is 551 g/mol. The monoisotopic (exact) mass is 550 g/mol. The zero-order valence-electron chi connectivity index (χ0n) is 21.0. The van der Waals surface area contributed by atoms with Crippen LogP contribution < -0.4 is 0 Å².